The Bertz CT molecular complexity index is 162. The Kier molecular flexibility index (Phi) is 10.1. The summed E-state index contributed by atoms with van der Waals surface area (Å²) in [7, 11) is 0. The molecular weight excluding hydrogens is 210 g/mol. The van der Waals surface area contributed by atoms with Crippen molar-refractivity contribution in [1.29, 1.82) is 0 Å². The number of hydrogen-bond acceptors (Lipinski definition) is 1. The van der Waals surface area contributed by atoms with Crippen LogP contribution in [-0.4, -0.2) is 29.8 Å². The number of halogens is 1. The SMILES string of the molecule is CCCCCCCC(=O)N(CC)CCCl. The molecule has 1 amide bonds. The molecule has 0 radical (unpaired) electrons. The molecule has 0 heterocycles. The average molecular weight is 234 g/mol. The second-order valence-electron chi connectivity index (χ2n) is 3.83. The monoisotopic (exact) mass is 233 g/mol. The number of carbonyl (C=O) groups excluding carboxylic acids is 1. The van der Waals surface area contributed by atoms with Gasteiger partial charge in [-0.15, -0.1) is 11.6 Å². The fraction of sp³-hybridized carbons (Fsp3) is 0.917. The third-order valence-corrected chi connectivity index (χ3v) is 2.75. The molecule has 0 atom stereocenters. The van der Waals surface area contributed by atoms with Crippen molar-refractivity contribution in [2.75, 3.05) is 19.0 Å². The van der Waals surface area contributed by atoms with Crippen LogP contribution in [0.25, 0.3) is 0 Å². The van der Waals surface area contributed by atoms with Crippen LogP contribution in [0.15, 0.2) is 0 Å². The Labute approximate surface area is 99.0 Å². The molecule has 0 aromatic rings. The van der Waals surface area contributed by atoms with Crippen molar-refractivity contribution < 1.29 is 4.79 Å². The van der Waals surface area contributed by atoms with Gasteiger partial charge >= 0.3 is 0 Å². The van der Waals surface area contributed by atoms with Gasteiger partial charge in [0.1, 0.15) is 0 Å². The van der Waals surface area contributed by atoms with E-state index in [-0.39, 0.29) is 5.91 Å². The molecular formula is C12H24ClNO. The first-order chi connectivity index (χ1) is 7.26. The molecule has 0 aliphatic heterocycles. The highest BCUT2D eigenvalue weighted by molar-refractivity contribution is 6.18. The van der Waals surface area contributed by atoms with Gasteiger partial charge in [0.15, 0.2) is 0 Å². The first kappa shape index (κ1) is 14.8. The Morgan fingerprint density at radius 2 is 1.80 bits per heavy atom. The summed E-state index contributed by atoms with van der Waals surface area (Å²) in [5, 5.41) is 0. The molecule has 0 saturated heterocycles. The third-order valence-electron chi connectivity index (χ3n) is 2.58. The van der Waals surface area contributed by atoms with Gasteiger partial charge in [0.2, 0.25) is 5.91 Å². The van der Waals surface area contributed by atoms with E-state index in [1.165, 1.54) is 25.7 Å². The van der Waals surface area contributed by atoms with Crippen LogP contribution in [0.1, 0.15) is 52.4 Å². The van der Waals surface area contributed by atoms with E-state index in [4.69, 9.17) is 11.6 Å². The molecule has 0 bridgehead atoms. The van der Waals surface area contributed by atoms with E-state index in [9.17, 15) is 4.79 Å². The van der Waals surface area contributed by atoms with Crippen LogP contribution < -0.4 is 0 Å². The van der Waals surface area contributed by atoms with E-state index in [0.29, 0.717) is 18.8 Å². The first-order valence-corrected chi connectivity index (χ1v) is 6.63. The standard InChI is InChI=1S/C12H24ClNO/c1-3-5-6-7-8-9-12(15)14(4-2)11-10-13/h3-11H2,1-2H3. The summed E-state index contributed by atoms with van der Waals surface area (Å²) in [4.78, 5) is 13.5. The molecule has 0 aromatic heterocycles. The van der Waals surface area contributed by atoms with Gasteiger partial charge in [-0.05, 0) is 13.3 Å². The van der Waals surface area contributed by atoms with Gasteiger partial charge in [-0.3, -0.25) is 4.79 Å². The molecule has 0 saturated carbocycles. The number of hydrogen-bond donors (Lipinski definition) is 0. The lowest BCUT2D eigenvalue weighted by Crippen LogP contribution is -2.32. The van der Waals surface area contributed by atoms with Crippen LogP contribution in [0.2, 0.25) is 0 Å². The van der Waals surface area contributed by atoms with Crippen molar-refractivity contribution in [3.05, 3.63) is 0 Å². The minimum Gasteiger partial charge on any atom is -0.342 e. The number of unbranched alkanes of at least 4 members (excludes halogenated alkanes) is 4. The van der Waals surface area contributed by atoms with Crippen LogP contribution in [0.4, 0.5) is 0 Å². The molecule has 0 unspecified atom stereocenters. The van der Waals surface area contributed by atoms with E-state index < -0.39 is 0 Å². The molecule has 2 nitrogen and oxygen atoms in total. The Balaban J connectivity index is 3.53. The highest BCUT2D eigenvalue weighted by atomic mass is 35.5. The van der Waals surface area contributed by atoms with Crippen LogP contribution in [-0.2, 0) is 4.79 Å². The number of carbonyl (C=O) groups is 1. The maximum atomic E-state index is 11.7. The summed E-state index contributed by atoms with van der Waals surface area (Å²) >= 11 is 5.63. The molecule has 15 heavy (non-hydrogen) atoms. The zero-order valence-corrected chi connectivity index (χ0v) is 10.9. The zero-order valence-electron chi connectivity index (χ0n) is 10.1. The van der Waals surface area contributed by atoms with Crippen LogP contribution in [0.3, 0.4) is 0 Å². The van der Waals surface area contributed by atoms with E-state index in [1.807, 2.05) is 11.8 Å². The van der Waals surface area contributed by atoms with Gasteiger partial charge in [0, 0.05) is 25.4 Å². The second kappa shape index (κ2) is 10.3. The molecule has 0 N–H and O–H groups in total. The number of rotatable bonds is 9. The minimum atomic E-state index is 0.259. The highest BCUT2D eigenvalue weighted by Gasteiger charge is 2.09. The number of alkyl halides is 1. The summed E-state index contributed by atoms with van der Waals surface area (Å²) in [5.41, 5.74) is 0. The molecule has 0 aromatic carbocycles. The Hall–Kier alpha value is -0.240. The summed E-state index contributed by atoms with van der Waals surface area (Å²) in [6.45, 7) is 5.67. The Morgan fingerprint density at radius 3 is 2.33 bits per heavy atom. The van der Waals surface area contributed by atoms with Gasteiger partial charge in [-0.25, -0.2) is 0 Å². The van der Waals surface area contributed by atoms with Crippen molar-refractivity contribution in [3.63, 3.8) is 0 Å². The van der Waals surface area contributed by atoms with Crippen molar-refractivity contribution in [2.45, 2.75) is 52.4 Å². The zero-order chi connectivity index (χ0) is 11.5. The lowest BCUT2D eigenvalue weighted by Gasteiger charge is -2.19. The summed E-state index contributed by atoms with van der Waals surface area (Å²) < 4.78 is 0. The lowest BCUT2D eigenvalue weighted by molar-refractivity contribution is -0.130. The molecule has 3 heteroatoms. The van der Waals surface area contributed by atoms with Crippen molar-refractivity contribution in [2.24, 2.45) is 0 Å². The molecule has 0 aliphatic rings. The molecule has 0 rings (SSSR count). The topological polar surface area (TPSA) is 20.3 Å². The fourth-order valence-corrected chi connectivity index (χ4v) is 1.80. The number of amides is 1. The minimum absolute atomic E-state index is 0.259. The van der Waals surface area contributed by atoms with Crippen molar-refractivity contribution in [1.82, 2.24) is 4.90 Å². The largest absolute Gasteiger partial charge is 0.342 e. The van der Waals surface area contributed by atoms with Crippen LogP contribution in [0.5, 0.6) is 0 Å². The van der Waals surface area contributed by atoms with Crippen LogP contribution >= 0.6 is 11.6 Å². The van der Waals surface area contributed by atoms with Crippen molar-refractivity contribution >= 4 is 17.5 Å². The normalized spacial score (nSPS) is 10.3. The maximum Gasteiger partial charge on any atom is 0.222 e. The maximum absolute atomic E-state index is 11.7. The van der Waals surface area contributed by atoms with Gasteiger partial charge in [-0.1, -0.05) is 32.6 Å². The first-order valence-electron chi connectivity index (χ1n) is 6.10. The Morgan fingerprint density at radius 1 is 1.13 bits per heavy atom. The van der Waals surface area contributed by atoms with Gasteiger partial charge in [-0.2, -0.15) is 0 Å². The summed E-state index contributed by atoms with van der Waals surface area (Å²) in [6.07, 6.45) is 6.68. The van der Waals surface area contributed by atoms with Crippen molar-refractivity contribution in [3.8, 4) is 0 Å². The number of nitrogens with zero attached hydrogens (tertiary/aromatic N) is 1. The summed E-state index contributed by atoms with van der Waals surface area (Å²) in [5.74, 6) is 0.796. The summed E-state index contributed by atoms with van der Waals surface area (Å²) in [6, 6.07) is 0. The lowest BCUT2D eigenvalue weighted by atomic mass is 10.1. The fourth-order valence-electron chi connectivity index (χ4n) is 1.60. The molecule has 90 valence electrons. The third kappa shape index (κ3) is 7.66. The second-order valence-corrected chi connectivity index (χ2v) is 4.20. The molecule has 0 fully saturated rings. The molecule has 0 aliphatic carbocycles. The van der Waals surface area contributed by atoms with Gasteiger partial charge < -0.3 is 4.90 Å². The van der Waals surface area contributed by atoms with Gasteiger partial charge in [0.05, 0.1) is 0 Å². The highest BCUT2D eigenvalue weighted by Crippen LogP contribution is 2.07. The van der Waals surface area contributed by atoms with E-state index in [2.05, 4.69) is 6.92 Å². The van der Waals surface area contributed by atoms with Gasteiger partial charge in [0.25, 0.3) is 0 Å². The average Bonchev–Trinajstić information content (AvgIpc) is 2.25. The quantitative estimate of drug-likeness (QED) is 0.441. The molecule has 0 spiro atoms. The van der Waals surface area contributed by atoms with E-state index >= 15 is 0 Å². The van der Waals surface area contributed by atoms with E-state index in [0.717, 1.165) is 13.0 Å². The predicted octanol–water partition coefficient (Wildman–Crippen LogP) is 3.43. The predicted molar refractivity (Wildman–Crippen MR) is 66.4 cm³/mol. The smallest absolute Gasteiger partial charge is 0.222 e. The van der Waals surface area contributed by atoms with Crippen LogP contribution in [0, 0.1) is 0 Å². The van der Waals surface area contributed by atoms with E-state index in [1.54, 1.807) is 0 Å².